The zero-order valence-electron chi connectivity index (χ0n) is 12.3. The fraction of sp³-hybridized carbons (Fsp3) is 0.353. The largest absolute Gasteiger partial charge is 0.349 e. The van der Waals surface area contributed by atoms with Gasteiger partial charge in [0, 0.05) is 41.6 Å². The molecule has 0 radical (unpaired) electrons. The number of hydrogen-bond acceptors (Lipinski definition) is 3. The molecule has 5 heteroatoms. The second-order valence-electron chi connectivity index (χ2n) is 5.66. The van der Waals surface area contributed by atoms with Crippen LogP contribution < -0.4 is 5.32 Å². The molecule has 0 unspecified atom stereocenters. The molecule has 1 aromatic carbocycles. The lowest BCUT2D eigenvalue weighted by atomic mass is 10.0. The van der Waals surface area contributed by atoms with E-state index >= 15 is 0 Å². The monoisotopic (exact) mass is 334 g/mol. The first-order chi connectivity index (χ1) is 10.7. The third kappa shape index (κ3) is 4.09. The summed E-state index contributed by atoms with van der Waals surface area (Å²) in [5.74, 6) is 0.0531. The molecule has 2 aromatic rings. The Morgan fingerprint density at radius 1 is 1.23 bits per heavy atom. The zero-order chi connectivity index (χ0) is 15.4. The van der Waals surface area contributed by atoms with Gasteiger partial charge in [0.1, 0.15) is 0 Å². The maximum absolute atomic E-state index is 12.0. The highest BCUT2D eigenvalue weighted by Gasteiger charge is 2.21. The van der Waals surface area contributed by atoms with Crippen LogP contribution in [0.3, 0.4) is 0 Å². The number of amides is 1. The Hall–Kier alpha value is -1.36. The molecular formula is C17H19ClN2OS. The maximum atomic E-state index is 12.0. The van der Waals surface area contributed by atoms with Crippen molar-refractivity contribution in [3.05, 3.63) is 57.2 Å². The number of thiophene rings is 1. The molecule has 1 aromatic heterocycles. The number of carbonyl (C=O) groups is 1. The van der Waals surface area contributed by atoms with Crippen molar-refractivity contribution in [1.82, 2.24) is 10.2 Å². The molecule has 0 aliphatic carbocycles. The third-order valence-electron chi connectivity index (χ3n) is 4.03. The molecule has 1 fully saturated rings. The van der Waals surface area contributed by atoms with E-state index in [0.29, 0.717) is 0 Å². The Labute approximate surface area is 139 Å². The van der Waals surface area contributed by atoms with Crippen LogP contribution in [0.1, 0.15) is 28.8 Å². The molecule has 0 atom stereocenters. The number of carbonyl (C=O) groups excluding carboxylic acids is 1. The van der Waals surface area contributed by atoms with Crippen LogP contribution in [-0.4, -0.2) is 29.9 Å². The van der Waals surface area contributed by atoms with Crippen molar-refractivity contribution in [1.29, 1.82) is 0 Å². The van der Waals surface area contributed by atoms with Gasteiger partial charge >= 0.3 is 0 Å². The lowest BCUT2D eigenvalue weighted by molar-refractivity contribution is 0.0909. The van der Waals surface area contributed by atoms with E-state index in [-0.39, 0.29) is 11.9 Å². The van der Waals surface area contributed by atoms with E-state index in [2.05, 4.69) is 22.3 Å². The van der Waals surface area contributed by atoms with Crippen molar-refractivity contribution in [3.63, 3.8) is 0 Å². The first-order valence-corrected chi connectivity index (χ1v) is 8.82. The minimum Gasteiger partial charge on any atom is -0.349 e. The van der Waals surface area contributed by atoms with Gasteiger partial charge in [-0.05, 0) is 42.0 Å². The van der Waals surface area contributed by atoms with Crippen molar-refractivity contribution < 1.29 is 4.79 Å². The molecule has 116 valence electrons. The van der Waals surface area contributed by atoms with Crippen LogP contribution in [0.2, 0.25) is 5.02 Å². The van der Waals surface area contributed by atoms with Crippen molar-refractivity contribution in [3.8, 4) is 0 Å². The highest BCUT2D eigenvalue weighted by Crippen LogP contribution is 2.16. The van der Waals surface area contributed by atoms with Gasteiger partial charge in [0.2, 0.25) is 0 Å². The molecule has 2 heterocycles. The van der Waals surface area contributed by atoms with E-state index in [1.165, 1.54) is 5.56 Å². The Morgan fingerprint density at radius 2 is 1.95 bits per heavy atom. The topological polar surface area (TPSA) is 32.3 Å². The van der Waals surface area contributed by atoms with E-state index in [9.17, 15) is 4.79 Å². The smallest absolute Gasteiger partial charge is 0.252 e. The van der Waals surface area contributed by atoms with Crippen LogP contribution in [0.25, 0.3) is 0 Å². The third-order valence-corrected chi connectivity index (χ3v) is 4.96. The van der Waals surface area contributed by atoms with Crippen molar-refractivity contribution >= 4 is 28.8 Å². The molecular weight excluding hydrogens is 316 g/mol. The summed E-state index contributed by atoms with van der Waals surface area (Å²) in [5.41, 5.74) is 2.05. The van der Waals surface area contributed by atoms with Crippen molar-refractivity contribution in [2.24, 2.45) is 0 Å². The normalized spacial score (nSPS) is 16.6. The number of hydrogen-bond donors (Lipinski definition) is 1. The van der Waals surface area contributed by atoms with Gasteiger partial charge in [-0.2, -0.15) is 11.3 Å². The second-order valence-corrected chi connectivity index (χ2v) is 6.88. The van der Waals surface area contributed by atoms with Crippen LogP contribution in [0, 0.1) is 0 Å². The molecule has 3 rings (SSSR count). The predicted molar refractivity (Wildman–Crippen MR) is 91.5 cm³/mol. The first-order valence-electron chi connectivity index (χ1n) is 7.50. The van der Waals surface area contributed by atoms with Gasteiger partial charge in [-0.25, -0.2) is 0 Å². The Bertz CT molecular complexity index is 604. The molecule has 1 N–H and O–H groups in total. The summed E-state index contributed by atoms with van der Waals surface area (Å²) in [6.45, 7) is 2.97. The SMILES string of the molecule is O=C(NC1CCN(Cc2ccc(Cl)cc2)CC1)c1ccsc1. The average molecular weight is 335 g/mol. The molecule has 0 saturated carbocycles. The van der Waals surface area contributed by atoms with E-state index in [4.69, 9.17) is 11.6 Å². The molecule has 1 amide bonds. The average Bonchev–Trinajstić information content (AvgIpc) is 3.06. The number of nitrogens with one attached hydrogen (secondary N) is 1. The Balaban J connectivity index is 1.46. The van der Waals surface area contributed by atoms with Crippen LogP contribution in [0.4, 0.5) is 0 Å². The lowest BCUT2D eigenvalue weighted by Crippen LogP contribution is -2.44. The van der Waals surface area contributed by atoms with E-state index in [1.807, 2.05) is 29.0 Å². The minimum atomic E-state index is 0.0531. The molecule has 0 spiro atoms. The number of benzene rings is 1. The van der Waals surface area contributed by atoms with Gasteiger partial charge in [0.25, 0.3) is 5.91 Å². The molecule has 1 saturated heterocycles. The maximum Gasteiger partial charge on any atom is 0.252 e. The summed E-state index contributed by atoms with van der Waals surface area (Å²) in [7, 11) is 0. The minimum absolute atomic E-state index is 0.0531. The Kier molecular flexibility index (Phi) is 5.13. The van der Waals surface area contributed by atoms with Gasteiger partial charge in [-0.3, -0.25) is 9.69 Å². The number of halogens is 1. The van der Waals surface area contributed by atoms with Crippen LogP contribution in [0.5, 0.6) is 0 Å². The fourth-order valence-electron chi connectivity index (χ4n) is 2.75. The summed E-state index contributed by atoms with van der Waals surface area (Å²) in [5, 5.41) is 7.74. The highest BCUT2D eigenvalue weighted by molar-refractivity contribution is 7.08. The van der Waals surface area contributed by atoms with Crippen LogP contribution in [-0.2, 0) is 6.54 Å². The van der Waals surface area contributed by atoms with Crippen LogP contribution >= 0.6 is 22.9 Å². The van der Waals surface area contributed by atoms with Gasteiger partial charge in [0.15, 0.2) is 0 Å². The number of rotatable bonds is 4. The first kappa shape index (κ1) is 15.5. The lowest BCUT2D eigenvalue weighted by Gasteiger charge is -2.32. The number of nitrogens with zero attached hydrogens (tertiary/aromatic N) is 1. The summed E-state index contributed by atoms with van der Waals surface area (Å²) in [4.78, 5) is 14.5. The van der Waals surface area contributed by atoms with E-state index in [1.54, 1.807) is 11.3 Å². The van der Waals surface area contributed by atoms with E-state index < -0.39 is 0 Å². The van der Waals surface area contributed by atoms with Crippen LogP contribution in [0.15, 0.2) is 41.1 Å². The summed E-state index contributed by atoms with van der Waals surface area (Å²) in [6.07, 6.45) is 2.01. The standard InChI is InChI=1S/C17H19ClN2OS/c18-15-3-1-13(2-4-15)11-20-8-5-16(6-9-20)19-17(21)14-7-10-22-12-14/h1-4,7,10,12,16H,5-6,8-9,11H2,(H,19,21). The zero-order valence-corrected chi connectivity index (χ0v) is 13.9. The molecule has 1 aliphatic heterocycles. The number of piperidine rings is 1. The molecule has 0 bridgehead atoms. The molecule has 1 aliphatic rings. The molecule has 3 nitrogen and oxygen atoms in total. The van der Waals surface area contributed by atoms with Gasteiger partial charge in [0.05, 0.1) is 0 Å². The Morgan fingerprint density at radius 3 is 2.59 bits per heavy atom. The second kappa shape index (κ2) is 7.27. The summed E-state index contributed by atoms with van der Waals surface area (Å²) in [6, 6.07) is 10.2. The van der Waals surface area contributed by atoms with Gasteiger partial charge < -0.3 is 5.32 Å². The summed E-state index contributed by atoms with van der Waals surface area (Å²) < 4.78 is 0. The van der Waals surface area contributed by atoms with Gasteiger partial charge in [-0.15, -0.1) is 0 Å². The molecule has 22 heavy (non-hydrogen) atoms. The fourth-order valence-corrected chi connectivity index (χ4v) is 3.51. The van der Waals surface area contributed by atoms with Crippen molar-refractivity contribution in [2.45, 2.75) is 25.4 Å². The highest BCUT2D eigenvalue weighted by atomic mass is 35.5. The summed E-state index contributed by atoms with van der Waals surface area (Å²) >= 11 is 7.47. The van der Waals surface area contributed by atoms with E-state index in [0.717, 1.165) is 43.1 Å². The number of likely N-dealkylation sites (tertiary alicyclic amines) is 1. The quantitative estimate of drug-likeness (QED) is 0.922. The van der Waals surface area contributed by atoms with Crippen molar-refractivity contribution in [2.75, 3.05) is 13.1 Å². The predicted octanol–water partition coefficient (Wildman–Crippen LogP) is 3.80. The van der Waals surface area contributed by atoms with Gasteiger partial charge in [-0.1, -0.05) is 23.7 Å².